The summed E-state index contributed by atoms with van der Waals surface area (Å²) in [6.45, 7) is 5.29. The SMILES string of the molecule is CC(C)(O)[C@@H]1[C@H]2OC(=O)[C@@H]1[C@]1(O)[C@H]3O[C@H]3[C@]3(CO3)[C@]1(C)[C@@H]2O. The highest BCUT2D eigenvalue weighted by Gasteiger charge is 2.94. The third-order valence-corrected chi connectivity index (χ3v) is 6.96. The molecule has 2 saturated carbocycles. The summed E-state index contributed by atoms with van der Waals surface area (Å²) in [5.74, 6) is -2.19. The molecule has 7 nitrogen and oxygen atoms in total. The minimum absolute atomic E-state index is 0.299. The van der Waals surface area contributed by atoms with Crippen LogP contribution in [-0.2, 0) is 19.0 Å². The Morgan fingerprint density at radius 2 is 1.95 bits per heavy atom. The van der Waals surface area contributed by atoms with Crippen LogP contribution in [0.3, 0.4) is 0 Å². The Labute approximate surface area is 127 Å². The number of fused-ring (bicyclic) bond motifs is 8. The van der Waals surface area contributed by atoms with Gasteiger partial charge in [0.1, 0.15) is 35.6 Å². The highest BCUT2D eigenvalue weighted by atomic mass is 16.7. The van der Waals surface area contributed by atoms with Crippen LogP contribution in [0.1, 0.15) is 20.8 Å². The second-order valence-corrected chi connectivity index (χ2v) is 8.19. The summed E-state index contributed by atoms with van der Waals surface area (Å²) in [7, 11) is 0. The number of carbonyl (C=O) groups excluding carboxylic acids is 1. The number of rotatable bonds is 1. The van der Waals surface area contributed by atoms with Gasteiger partial charge in [-0.3, -0.25) is 4.79 Å². The molecule has 1 spiro atoms. The third-order valence-electron chi connectivity index (χ3n) is 6.96. The number of carbonyl (C=O) groups is 1. The lowest BCUT2D eigenvalue weighted by atomic mass is 9.51. The van der Waals surface area contributed by atoms with Gasteiger partial charge in [0.2, 0.25) is 0 Å². The van der Waals surface area contributed by atoms with E-state index in [0.29, 0.717) is 6.61 Å². The van der Waals surface area contributed by atoms with Crippen molar-refractivity contribution in [3.8, 4) is 0 Å². The molecule has 2 aliphatic carbocycles. The first-order valence-electron chi connectivity index (χ1n) is 7.73. The van der Waals surface area contributed by atoms with E-state index in [2.05, 4.69) is 0 Å². The van der Waals surface area contributed by atoms with Crippen molar-refractivity contribution in [3.63, 3.8) is 0 Å². The van der Waals surface area contributed by atoms with Crippen molar-refractivity contribution in [1.82, 2.24) is 0 Å². The Morgan fingerprint density at radius 3 is 2.50 bits per heavy atom. The molecule has 0 unspecified atom stereocenters. The maximum atomic E-state index is 12.4. The molecular weight excluding hydrogens is 292 g/mol. The monoisotopic (exact) mass is 312 g/mol. The average Bonchev–Trinajstić information content (AvgIpc) is 3.26. The first kappa shape index (κ1) is 13.7. The summed E-state index contributed by atoms with van der Waals surface area (Å²) in [5, 5.41) is 33.0. The molecule has 5 aliphatic rings. The Balaban J connectivity index is 1.74. The van der Waals surface area contributed by atoms with E-state index < -0.39 is 58.3 Å². The maximum absolute atomic E-state index is 12.4. The third kappa shape index (κ3) is 1.05. The van der Waals surface area contributed by atoms with Gasteiger partial charge < -0.3 is 29.5 Å². The summed E-state index contributed by atoms with van der Waals surface area (Å²) in [6, 6.07) is 0. The number of ether oxygens (including phenoxy) is 3. The van der Waals surface area contributed by atoms with Gasteiger partial charge in [-0.15, -0.1) is 0 Å². The van der Waals surface area contributed by atoms with Crippen LogP contribution < -0.4 is 0 Å². The highest BCUT2D eigenvalue weighted by molar-refractivity contribution is 5.79. The molecule has 5 rings (SSSR count). The molecule has 0 aromatic rings. The molecule has 3 heterocycles. The fourth-order valence-electron chi connectivity index (χ4n) is 5.73. The molecule has 3 N–H and O–H groups in total. The van der Waals surface area contributed by atoms with E-state index >= 15 is 0 Å². The molecular formula is C15H20O7. The molecule has 9 atom stereocenters. The normalized spacial score (nSPS) is 64.4. The van der Waals surface area contributed by atoms with Crippen molar-refractivity contribution in [2.75, 3.05) is 6.61 Å². The fraction of sp³-hybridized carbons (Fsp3) is 0.933. The van der Waals surface area contributed by atoms with Gasteiger partial charge in [0.15, 0.2) is 0 Å². The van der Waals surface area contributed by atoms with E-state index in [4.69, 9.17) is 14.2 Å². The van der Waals surface area contributed by atoms with E-state index in [0.717, 1.165) is 0 Å². The van der Waals surface area contributed by atoms with Crippen molar-refractivity contribution < 1.29 is 34.3 Å². The number of aliphatic hydroxyl groups is 3. The molecule has 0 amide bonds. The van der Waals surface area contributed by atoms with Gasteiger partial charge in [-0.1, -0.05) is 6.92 Å². The summed E-state index contributed by atoms with van der Waals surface area (Å²) in [5.41, 5.74) is -4.66. The predicted octanol–water partition coefficient (Wildman–Crippen LogP) is -1.42. The van der Waals surface area contributed by atoms with Gasteiger partial charge in [0.25, 0.3) is 0 Å². The Kier molecular flexibility index (Phi) is 2.01. The largest absolute Gasteiger partial charge is 0.459 e. The van der Waals surface area contributed by atoms with Crippen molar-refractivity contribution in [2.45, 2.75) is 62.0 Å². The van der Waals surface area contributed by atoms with Gasteiger partial charge in [-0.05, 0) is 13.8 Å². The zero-order chi connectivity index (χ0) is 15.9. The van der Waals surface area contributed by atoms with Crippen LogP contribution in [0, 0.1) is 17.3 Å². The molecule has 2 bridgehead atoms. The zero-order valence-corrected chi connectivity index (χ0v) is 12.6. The second kappa shape index (κ2) is 3.23. The lowest BCUT2D eigenvalue weighted by Gasteiger charge is -2.55. The zero-order valence-electron chi connectivity index (χ0n) is 12.6. The predicted molar refractivity (Wildman–Crippen MR) is 69.6 cm³/mol. The summed E-state index contributed by atoms with van der Waals surface area (Å²) >= 11 is 0. The molecule has 0 aromatic heterocycles. The molecule has 3 saturated heterocycles. The lowest BCUT2D eigenvalue weighted by Crippen LogP contribution is -2.72. The average molecular weight is 312 g/mol. The van der Waals surface area contributed by atoms with Gasteiger partial charge >= 0.3 is 5.97 Å². The standard InChI is InChI=1S/C15H20O7/c1-12(2,18)5-6-11(17)21-7(5)8(16)13(3)14(4-20-14)9-10(22-9)15(6,13)19/h5-10,16,18-19H,4H2,1-3H3/t5-,6+,7+,8+,9+,10-,13-,14+,15-/m0/s1. The Hall–Kier alpha value is -0.730. The maximum Gasteiger partial charge on any atom is 0.312 e. The van der Waals surface area contributed by atoms with Crippen molar-refractivity contribution in [1.29, 1.82) is 0 Å². The number of esters is 1. The van der Waals surface area contributed by atoms with Crippen LogP contribution in [0.15, 0.2) is 0 Å². The van der Waals surface area contributed by atoms with Gasteiger partial charge in [-0.25, -0.2) is 0 Å². The van der Waals surface area contributed by atoms with Crippen LogP contribution in [-0.4, -0.2) is 69.1 Å². The summed E-state index contributed by atoms with van der Waals surface area (Å²) in [4.78, 5) is 12.4. The first-order chi connectivity index (χ1) is 10.1. The number of epoxide rings is 2. The molecule has 3 aliphatic heterocycles. The Bertz CT molecular complexity index is 593. The van der Waals surface area contributed by atoms with Crippen LogP contribution in [0.25, 0.3) is 0 Å². The lowest BCUT2D eigenvalue weighted by molar-refractivity contribution is -0.254. The van der Waals surface area contributed by atoms with E-state index in [9.17, 15) is 20.1 Å². The van der Waals surface area contributed by atoms with Gasteiger partial charge in [0.05, 0.1) is 23.5 Å². The van der Waals surface area contributed by atoms with E-state index in [1.165, 1.54) is 0 Å². The number of hydrogen-bond donors (Lipinski definition) is 3. The molecule has 22 heavy (non-hydrogen) atoms. The van der Waals surface area contributed by atoms with Gasteiger partial charge in [-0.2, -0.15) is 0 Å². The number of aliphatic hydroxyl groups excluding tert-OH is 1. The number of hydrogen-bond acceptors (Lipinski definition) is 7. The minimum Gasteiger partial charge on any atom is -0.459 e. The summed E-state index contributed by atoms with van der Waals surface area (Å²) < 4.78 is 16.6. The van der Waals surface area contributed by atoms with Crippen molar-refractivity contribution >= 4 is 5.97 Å². The van der Waals surface area contributed by atoms with Gasteiger partial charge in [0, 0.05) is 5.92 Å². The molecule has 7 heteroatoms. The van der Waals surface area contributed by atoms with Crippen LogP contribution in [0.4, 0.5) is 0 Å². The van der Waals surface area contributed by atoms with E-state index in [1.54, 1.807) is 20.8 Å². The second-order valence-electron chi connectivity index (χ2n) is 8.19. The quantitative estimate of drug-likeness (QED) is 0.402. The summed E-state index contributed by atoms with van der Waals surface area (Å²) in [6.07, 6.45) is -2.82. The topological polar surface area (TPSA) is 112 Å². The molecule has 0 radical (unpaired) electrons. The first-order valence-corrected chi connectivity index (χ1v) is 7.73. The van der Waals surface area contributed by atoms with Crippen molar-refractivity contribution in [2.24, 2.45) is 17.3 Å². The molecule has 0 aromatic carbocycles. The highest BCUT2D eigenvalue weighted by Crippen LogP contribution is 2.76. The molecule has 5 fully saturated rings. The fourth-order valence-corrected chi connectivity index (χ4v) is 5.73. The Morgan fingerprint density at radius 1 is 1.32 bits per heavy atom. The van der Waals surface area contributed by atoms with E-state index in [-0.39, 0.29) is 6.10 Å². The van der Waals surface area contributed by atoms with E-state index in [1.807, 2.05) is 0 Å². The van der Waals surface area contributed by atoms with Crippen LogP contribution >= 0.6 is 0 Å². The minimum atomic E-state index is -1.59. The van der Waals surface area contributed by atoms with Crippen LogP contribution in [0.5, 0.6) is 0 Å². The van der Waals surface area contributed by atoms with Crippen molar-refractivity contribution in [3.05, 3.63) is 0 Å². The van der Waals surface area contributed by atoms with Crippen LogP contribution in [0.2, 0.25) is 0 Å². The smallest absolute Gasteiger partial charge is 0.312 e. The molecule has 122 valence electrons.